The number of ether oxygens (including phenoxy) is 4. The Kier molecular flexibility index (Phi) is 8.97. The zero-order chi connectivity index (χ0) is 22.1. The van der Waals surface area contributed by atoms with Crippen LogP contribution in [0.25, 0.3) is 0 Å². The van der Waals surface area contributed by atoms with E-state index in [-0.39, 0.29) is 12.2 Å². The van der Waals surface area contributed by atoms with E-state index in [1.165, 1.54) is 20.0 Å². The van der Waals surface area contributed by atoms with Gasteiger partial charge in [-0.3, -0.25) is 4.99 Å². The van der Waals surface area contributed by atoms with E-state index in [1.807, 2.05) is 12.1 Å². The molecule has 0 aromatic heterocycles. The first-order valence-corrected chi connectivity index (χ1v) is 11.1. The lowest BCUT2D eigenvalue weighted by atomic mass is 10.1. The molecule has 2 heterocycles. The SMILES string of the molecule is CN=C(NCc1ccc(C(=O)OC)c(OC)c1)N1CCC(OCC2CCCCO2)CC1. The van der Waals surface area contributed by atoms with Crippen molar-refractivity contribution in [3.8, 4) is 5.75 Å². The topological polar surface area (TPSA) is 81.6 Å². The van der Waals surface area contributed by atoms with Crippen LogP contribution in [0.1, 0.15) is 48.0 Å². The molecule has 8 heteroatoms. The molecular formula is C23H35N3O5. The third kappa shape index (κ3) is 6.58. The molecule has 2 fully saturated rings. The van der Waals surface area contributed by atoms with Crippen molar-refractivity contribution >= 4 is 11.9 Å². The summed E-state index contributed by atoms with van der Waals surface area (Å²) in [7, 11) is 4.70. The van der Waals surface area contributed by atoms with Crippen LogP contribution in [0.5, 0.6) is 5.75 Å². The van der Waals surface area contributed by atoms with Gasteiger partial charge < -0.3 is 29.2 Å². The minimum atomic E-state index is -0.410. The molecule has 31 heavy (non-hydrogen) atoms. The number of nitrogens with one attached hydrogen (secondary N) is 1. The average Bonchev–Trinajstić information content (AvgIpc) is 2.83. The molecule has 0 radical (unpaired) electrons. The van der Waals surface area contributed by atoms with Crippen molar-refractivity contribution in [2.24, 2.45) is 4.99 Å². The van der Waals surface area contributed by atoms with Crippen molar-refractivity contribution in [1.29, 1.82) is 0 Å². The maximum absolute atomic E-state index is 11.8. The van der Waals surface area contributed by atoms with Gasteiger partial charge in [-0.2, -0.15) is 0 Å². The number of likely N-dealkylation sites (tertiary alicyclic amines) is 1. The summed E-state index contributed by atoms with van der Waals surface area (Å²) in [5, 5.41) is 3.41. The fourth-order valence-corrected chi connectivity index (χ4v) is 4.05. The molecule has 0 bridgehead atoms. The minimum Gasteiger partial charge on any atom is -0.496 e. The molecule has 1 aromatic rings. The van der Waals surface area contributed by atoms with Gasteiger partial charge in [-0.25, -0.2) is 4.79 Å². The molecule has 3 rings (SSSR count). The van der Waals surface area contributed by atoms with Crippen LogP contribution < -0.4 is 10.1 Å². The van der Waals surface area contributed by atoms with Gasteiger partial charge in [-0.1, -0.05) is 6.07 Å². The molecule has 0 amide bonds. The highest BCUT2D eigenvalue weighted by atomic mass is 16.5. The Labute approximate surface area is 184 Å². The fraction of sp³-hybridized carbons (Fsp3) is 0.652. The van der Waals surface area contributed by atoms with Crippen molar-refractivity contribution in [3.63, 3.8) is 0 Å². The first-order valence-electron chi connectivity index (χ1n) is 11.1. The predicted molar refractivity (Wildman–Crippen MR) is 119 cm³/mol. The van der Waals surface area contributed by atoms with E-state index < -0.39 is 5.97 Å². The van der Waals surface area contributed by atoms with Crippen molar-refractivity contribution in [2.45, 2.75) is 50.9 Å². The van der Waals surface area contributed by atoms with Gasteiger partial charge in [-0.15, -0.1) is 0 Å². The second kappa shape index (κ2) is 11.9. The molecular weight excluding hydrogens is 398 g/mol. The fourth-order valence-electron chi connectivity index (χ4n) is 4.05. The van der Waals surface area contributed by atoms with Crippen LogP contribution in [-0.2, 0) is 20.8 Å². The van der Waals surface area contributed by atoms with Crippen LogP contribution >= 0.6 is 0 Å². The lowest BCUT2D eigenvalue weighted by Crippen LogP contribution is -2.47. The van der Waals surface area contributed by atoms with Gasteiger partial charge in [0, 0.05) is 33.3 Å². The van der Waals surface area contributed by atoms with E-state index >= 15 is 0 Å². The number of nitrogens with zero attached hydrogens (tertiary/aromatic N) is 2. The molecule has 2 saturated heterocycles. The number of hydrogen-bond acceptors (Lipinski definition) is 6. The summed E-state index contributed by atoms with van der Waals surface area (Å²) >= 11 is 0. The van der Waals surface area contributed by atoms with Gasteiger partial charge in [0.25, 0.3) is 0 Å². The highest BCUT2D eigenvalue weighted by Gasteiger charge is 2.24. The molecule has 8 nitrogen and oxygen atoms in total. The second-order valence-corrected chi connectivity index (χ2v) is 7.94. The summed E-state index contributed by atoms with van der Waals surface area (Å²) in [6, 6.07) is 5.46. The van der Waals surface area contributed by atoms with Crippen LogP contribution in [0.4, 0.5) is 0 Å². The monoisotopic (exact) mass is 433 g/mol. The number of esters is 1. The Bertz CT molecular complexity index is 741. The highest BCUT2D eigenvalue weighted by molar-refractivity contribution is 5.92. The number of piperidine rings is 1. The van der Waals surface area contributed by atoms with E-state index in [2.05, 4.69) is 15.2 Å². The summed E-state index contributed by atoms with van der Waals surface area (Å²) in [6.45, 7) is 3.97. The molecule has 1 aromatic carbocycles. The summed E-state index contributed by atoms with van der Waals surface area (Å²) in [5.74, 6) is 0.957. The summed E-state index contributed by atoms with van der Waals surface area (Å²) in [5.41, 5.74) is 1.41. The van der Waals surface area contributed by atoms with Gasteiger partial charge in [0.05, 0.1) is 33.0 Å². The normalized spacial score (nSPS) is 20.4. The number of carbonyl (C=O) groups is 1. The Morgan fingerprint density at radius 1 is 1.23 bits per heavy atom. The molecule has 0 spiro atoms. The molecule has 1 N–H and O–H groups in total. The summed E-state index contributed by atoms with van der Waals surface area (Å²) < 4.78 is 22.0. The summed E-state index contributed by atoms with van der Waals surface area (Å²) in [4.78, 5) is 18.5. The Hall–Kier alpha value is -2.32. The van der Waals surface area contributed by atoms with Crippen LogP contribution in [-0.4, -0.2) is 76.6 Å². The van der Waals surface area contributed by atoms with Crippen molar-refractivity contribution in [2.75, 3.05) is 47.6 Å². The standard InChI is InChI=1S/C23H35N3O5/c1-24-23(25-15-17-7-8-20(22(27)29-3)21(14-17)28-2)26-11-9-18(10-12-26)31-16-19-6-4-5-13-30-19/h7-8,14,18-19H,4-6,9-13,15-16H2,1-3H3,(H,24,25). The number of aliphatic imine (C=N–C) groups is 1. The van der Waals surface area contributed by atoms with Crippen LogP contribution in [0.15, 0.2) is 23.2 Å². The third-order valence-corrected chi connectivity index (χ3v) is 5.87. The molecule has 1 atom stereocenters. The number of carbonyl (C=O) groups excluding carboxylic acids is 1. The Balaban J connectivity index is 1.46. The van der Waals surface area contributed by atoms with Gasteiger partial charge in [-0.05, 0) is 49.8 Å². The highest BCUT2D eigenvalue weighted by Crippen LogP contribution is 2.21. The number of rotatable bonds is 7. The average molecular weight is 434 g/mol. The van der Waals surface area contributed by atoms with Crippen LogP contribution in [0.3, 0.4) is 0 Å². The van der Waals surface area contributed by atoms with E-state index in [9.17, 15) is 4.79 Å². The van der Waals surface area contributed by atoms with Gasteiger partial charge in [0.15, 0.2) is 5.96 Å². The lowest BCUT2D eigenvalue weighted by molar-refractivity contribution is -0.0721. The van der Waals surface area contributed by atoms with Gasteiger partial charge >= 0.3 is 5.97 Å². The maximum Gasteiger partial charge on any atom is 0.341 e. The smallest absolute Gasteiger partial charge is 0.341 e. The lowest BCUT2D eigenvalue weighted by Gasteiger charge is -2.35. The number of hydrogen-bond donors (Lipinski definition) is 1. The Morgan fingerprint density at radius 3 is 2.68 bits per heavy atom. The van der Waals surface area contributed by atoms with Crippen molar-refractivity contribution in [1.82, 2.24) is 10.2 Å². The molecule has 2 aliphatic heterocycles. The van der Waals surface area contributed by atoms with Crippen molar-refractivity contribution in [3.05, 3.63) is 29.3 Å². The molecule has 172 valence electrons. The minimum absolute atomic E-state index is 0.267. The number of methoxy groups -OCH3 is 2. The molecule has 2 aliphatic rings. The molecule has 0 aliphatic carbocycles. The van der Waals surface area contributed by atoms with E-state index in [0.29, 0.717) is 24.5 Å². The van der Waals surface area contributed by atoms with Crippen LogP contribution in [0.2, 0.25) is 0 Å². The van der Waals surface area contributed by atoms with E-state index in [1.54, 1.807) is 20.2 Å². The Morgan fingerprint density at radius 2 is 2.03 bits per heavy atom. The summed E-state index contributed by atoms with van der Waals surface area (Å²) in [6.07, 6.45) is 6.04. The molecule has 0 saturated carbocycles. The van der Waals surface area contributed by atoms with Crippen LogP contribution in [0, 0.1) is 0 Å². The second-order valence-electron chi connectivity index (χ2n) is 7.94. The third-order valence-electron chi connectivity index (χ3n) is 5.87. The number of benzene rings is 1. The molecule has 1 unspecified atom stereocenters. The van der Waals surface area contributed by atoms with E-state index in [4.69, 9.17) is 18.9 Å². The van der Waals surface area contributed by atoms with Crippen molar-refractivity contribution < 1.29 is 23.7 Å². The predicted octanol–water partition coefficient (Wildman–Crippen LogP) is 2.61. The maximum atomic E-state index is 11.8. The number of guanidine groups is 1. The van der Waals surface area contributed by atoms with Gasteiger partial charge in [0.2, 0.25) is 0 Å². The first-order chi connectivity index (χ1) is 15.1. The first kappa shape index (κ1) is 23.3. The zero-order valence-corrected chi connectivity index (χ0v) is 18.9. The van der Waals surface area contributed by atoms with Gasteiger partial charge in [0.1, 0.15) is 11.3 Å². The largest absolute Gasteiger partial charge is 0.496 e. The quantitative estimate of drug-likeness (QED) is 0.402. The zero-order valence-electron chi connectivity index (χ0n) is 18.9. The van der Waals surface area contributed by atoms with E-state index in [0.717, 1.165) is 50.5 Å².